The van der Waals surface area contributed by atoms with E-state index in [0.717, 1.165) is 11.0 Å². The van der Waals surface area contributed by atoms with Crippen LogP contribution in [0, 0.1) is 16.1 Å². The average molecular weight is 302 g/mol. The molecule has 0 fully saturated rings. The Morgan fingerprint density at radius 2 is 2.14 bits per heavy atom. The Labute approximate surface area is 128 Å². The third-order valence-electron chi connectivity index (χ3n) is 3.60. The van der Waals surface area contributed by atoms with Gasteiger partial charge in [0.2, 0.25) is 5.91 Å². The standard InChI is InChI=1S/C15H18N4OS/c1-3-18(4-2)13(20)8-9-19-12-7-5-6-11(10-16)14(12)17-15(19)21/h5-7H,3-4,8-9H2,1-2H3,(H,17,21). The molecule has 0 radical (unpaired) electrons. The van der Waals surface area contributed by atoms with E-state index in [-0.39, 0.29) is 5.91 Å². The molecule has 2 aromatic rings. The summed E-state index contributed by atoms with van der Waals surface area (Å²) in [5.41, 5.74) is 2.17. The molecular formula is C15H18N4OS. The molecule has 0 atom stereocenters. The minimum Gasteiger partial charge on any atom is -0.343 e. The summed E-state index contributed by atoms with van der Waals surface area (Å²) >= 11 is 5.31. The Bertz CT molecular complexity index is 749. The van der Waals surface area contributed by atoms with Crippen molar-refractivity contribution in [3.05, 3.63) is 28.5 Å². The lowest BCUT2D eigenvalue weighted by Gasteiger charge is -2.18. The first-order valence-electron chi connectivity index (χ1n) is 7.01. The lowest BCUT2D eigenvalue weighted by atomic mass is 10.2. The Balaban J connectivity index is 2.28. The number of imidazole rings is 1. The second-order valence-electron chi connectivity index (χ2n) is 4.71. The second kappa shape index (κ2) is 6.55. The lowest BCUT2D eigenvalue weighted by molar-refractivity contribution is -0.131. The van der Waals surface area contributed by atoms with Crippen molar-refractivity contribution in [3.63, 3.8) is 0 Å². The molecule has 0 aliphatic carbocycles. The molecular weight excluding hydrogens is 284 g/mol. The van der Waals surface area contributed by atoms with Gasteiger partial charge < -0.3 is 14.5 Å². The van der Waals surface area contributed by atoms with Gasteiger partial charge in [-0.15, -0.1) is 0 Å². The summed E-state index contributed by atoms with van der Waals surface area (Å²) in [6.45, 7) is 5.89. The number of nitriles is 1. The summed E-state index contributed by atoms with van der Waals surface area (Å²) in [4.78, 5) is 16.9. The Kier molecular flexibility index (Phi) is 4.76. The summed E-state index contributed by atoms with van der Waals surface area (Å²) in [6, 6.07) is 7.63. The smallest absolute Gasteiger partial charge is 0.224 e. The van der Waals surface area contributed by atoms with Crippen LogP contribution in [0.2, 0.25) is 0 Å². The predicted octanol–water partition coefficient (Wildman–Crippen LogP) is 2.83. The van der Waals surface area contributed by atoms with Gasteiger partial charge in [0.1, 0.15) is 6.07 Å². The molecule has 110 valence electrons. The van der Waals surface area contributed by atoms with Gasteiger partial charge in [-0.05, 0) is 38.2 Å². The van der Waals surface area contributed by atoms with Crippen LogP contribution in [0.25, 0.3) is 11.0 Å². The highest BCUT2D eigenvalue weighted by molar-refractivity contribution is 7.71. The van der Waals surface area contributed by atoms with Crippen molar-refractivity contribution in [3.8, 4) is 6.07 Å². The van der Waals surface area contributed by atoms with Crippen molar-refractivity contribution in [1.82, 2.24) is 14.5 Å². The van der Waals surface area contributed by atoms with Gasteiger partial charge in [-0.25, -0.2) is 0 Å². The minimum absolute atomic E-state index is 0.118. The van der Waals surface area contributed by atoms with E-state index >= 15 is 0 Å². The number of aromatic nitrogens is 2. The second-order valence-corrected chi connectivity index (χ2v) is 5.10. The summed E-state index contributed by atoms with van der Waals surface area (Å²) < 4.78 is 2.42. The number of para-hydroxylation sites is 1. The zero-order valence-corrected chi connectivity index (χ0v) is 13.0. The van der Waals surface area contributed by atoms with Crippen LogP contribution in [0.15, 0.2) is 18.2 Å². The number of H-pyrrole nitrogens is 1. The van der Waals surface area contributed by atoms with Gasteiger partial charge in [-0.2, -0.15) is 5.26 Å². The number of nitrogens with one attached hydrogen (secondary N) is 1. The van der Waals surface area contributed by atoms with E-state index in [0.29, 0.717) is 36.4 Å². The molecule has 0 aliphatic rings. The molecule has 0 bridgehead atoms. The maximum atomic E-state index is 12.1. The fraction of sp³-hybridized carbons (Fsp3) is 0.400. The summed E-state index contributed by atoms with van der Waals surface area (Å²) in [6.07, 6.45) is 0.403. The highest BCUT2D eigenvalue weighted by Crippen LogP contribution is 2.18. The number of nitrogens with zero attached hydrogens (tertiary/aromatic N) is 3. The molecule has 0 saturated heterocycles. The Morgan fingerprint density at radius 3 is 2.76 bits per heavy atom. The highest BCUT2D eigenvalue weighted by Gasteiger charge is 2.12. The van der Waals surface area contributed by atoms with Crippen molar-refractivity contribution in [2.24, 2.45) is 0 Å². The van der Waals surface area contributed by atoms with Crippen LogP contribution in [0.3, 0.4) is 0 Å². The number of amides is 1. The van der Waals surface area contributed by atoms with Crippen LogP contribution in [-0.2, 0) is 11.3 Å². The van der Waals surface area contributed by atoms with Crippen molar-refractivity contribution in [2.45, 2.75) is 26.8 Å². The zero-order valence-electron chi connectivity index (χ0n) is 12.2. The molecule has 5 nitrogen and oxygen atoms in total. The predicted molar refractivity (Wildman–Crippen MR) is 84.4 cm³/mol. The topological polar surface area (TPSA) is 64.8 Å². The maximum Gasteiger partial charge on any atom is 0.224 e. The molecule has 0 saturated carbocycles. The van der Waals surface area contributed by atoms with Gasteiger partial charge in [-0.1, -0.05) is 6.07 Å². The molecule has 0 unspecified atom stereocenters. The monoisotopic (exact) mass is 302 g/mol. The molecule has 1 amide bonds. The minimum atomic E-state index is 0.118. The normalized spacial score (nSPS) is 10.5. The third-order valence-corrected chi connectivity index (χ3v) is 3.92. The van der Waals surface area contributed by atoms with Crippen LogP contribution in [0.5, 0.6) is 0 Å². The van der Waals surface area contributed by atoms with Crippen molar-refractivity contribution >= 4 is 29.2 Å². The molecule has 2 rings (SSSR count). The van der Waals surface area contributed by atoms with Gasteiger partial charge in [0.05, 0.1) is 16.6 Å². The van der Waals surface area contributed by atoms with E-state index in [1.54, 1.807) is 11.0 Å². The van der Waals surface area contributed by atoms with Gasteiger partial charge >= 0.3 is 0 Å². The number of rotatable bonds is 5. The maximum absolute atomic E-state index is 12.1. The van der Waals surface area contributed by atoms with Crippen LogP contribution >= 0.6 is 12.2 Å². The molecule has 0 aliphatic heterocycles. The van der Waals surface area contributed by atoms with Crippen LogP contribution in [0.4, 0.5) is 0 Å². The first kappa shape index (κ1) is 15.3. The van der Waals surface area contributed by atoms with Crippen LogP contribution in [-0.4, -0.2) is 33.4 Å². The highest BCUT2D eigenvalue weighted by atomic mass is 32.1. The van der Waals surface area contributed by atoms with Crippen molar-refractivity contribution in [2.75, 3.05) is 13.1 Å². The number of aryl methyl sites for hydroxylation is 1. The Morgan fingerprint density at radius 1 is 1.43 bits per heavy atom. The van der Waals surface area contributed by atoms with Gasteiger partial charge in [0.15, 0.2) is 4.77 Å². The van der Waals surface area contributed by atoms with Gasteiger partial charge in [0.25, 0.3) is 0 Å². The fourth-order valence-electron chi connectivity index (χ4n) is 2.44. The lowest BCUT2D eigenvalue weighted by Crippen LogP contribution is -2.31. The SMILES string of the molecule is CCN(CC)C(=O)CCn1c(=S)[nH]c2c(C#N)cccc21. The number of fused-ring (bicyclic) bond motifs is 1. The van der Waals surface area contributed by atoms with E-state index in [1.165, 1.54) is 0 Å². The van der Waals surface area contributed by atoms with Crippen LogP contribution < -0.4 is 0 Å². The number of aromatic amines is 1. The van der Waals surface area contributed by atoms with Crippen LogP contribution in [0.1, 0.15) is 25.8 Å². The summed E-state index contributed by atoms with van der Waals surface area (Å²) in [7, 11) is 0. The first-order valence-corrected chi connectivity index (χ1v) is 7.42. The average Bonchev–Trinajstić information content (AvgIpc) is 2.81. The Hall–Kier alpha value is -2.13. The number of hydrogen-bond donors (Lipinski definition) is 1. The van der Waals surface area contributed by atoms with E-state index in [2.05, 4.69) is 11.1 Å². The molecule has 1 aromatic carbocycles. The van der Waals surface area contributed by atoms with Crippen molar-refractivity contribution in [1.29, 1.82) is 5.26 Å². The third kappa shape index (κ3) is 2.98. The molecule has 6 heteroatoms. The zero-order chi connectivity index (χ0) is 15.4. The molecule has 1 heterocycles. The van der Waals surface area contributed by atoms with E-state index < -0.39 is 0 Å². The van der Waals surface area contributed by atoms with E-state index in [1.807, 2.05) is 30.5 Å². The number of benzene rings is 1. The number of hydrogen-bond acceptors (Lipinski definition) is 3. The molecule has 21 heavy (non-hydrogen) atoms. The molecule has 1 N–H and O–H groups in total. The summed E-state index contributed by atoms with van der Waals surface area (Å²) in [5.74, 6) is 0.118. The fourth-order valence-corrected chi connectivity index (χ4v) is 2.73. The first-order chi connectivity index (χ1) is 10.1. The van der Waals surface area contributed by atoms with E-state index in [9.17, 15) is 4.79 Å². The number of carbonyl (C=O) groups excluding carboxylic acids is 1. The van der Waals surface area contributed by atoms with Gasteiger partial charge in [0, 0.05) is 26.1 Å². The largest absolute Gasteiger partial charge is 0.343 e. The van der Waals surface area contributed by atoms with Crippen molar-refractivity contribution < 1.29 is 4.79 Å². The summed E-state index contributed by atoms with van der Waals surface area (Å²) in [5, 5.41) is 9.12. The van der Waals surface area contributed by atoms with Gasteiger partial charge in [-0.3, -0.25) is 4.79 Å². The molecule has 1 aromatic heterocycles. The van der Waals surface area contributed by atoms with E-state index in [4.69, 9.17) is 17.5 Å². The quantitative estimate of drug-likeness (QED) is 0.864. The molecule has 0 spiro atoms. The number of carbonyl (C=O) groups is 1.